The van der Waals surface area contributed by atoms with Gasteiger partial charge in [-0.15, -0.1) is 0 Å². The van der Waals surface area contributed by atoms with Gasteiger partial charge >= 0.3 is 6.18 Å². The second-order valence-corrected chi connectivity index (χ2v) is 9.41. The van der Waals surface area contributed by atoms with Crippen molar-refractivity contribution in [1.29, 1.82) is 0 Å². The van der Waals surface area contributed by atoms with Crippen molar-refractivity contribution in [2.24, 2.45) is 0 Å². The number of aromatic nitrogens is 3. The predicted molar refractivity (Wildman–Crippen MR) is 143 cm³/mol. The molecule has 0 unspecified atom stereocenters. The van der Waals surface area contributed by atoms with Gasteiger partial charge in [0, 0.05) is 44.2 Å². The minimum absolute atomic E-state index is 0.0742. The normalized spacial score (nSPS) is 14.8. The minimum atomic E-state index is -4.49. The van der Waals surface area contributed by atoms with Gasteiger partial charge < -0.3 is 14.3 Å². The molecular weight excluding hydrogens is 507 g/mol. The predicted octanol–water partition coefficient (Wildman–Crippen LogP) is 6.01. The molecule has 3 heterocycles. The van der Waals surface area contributed by atoms with Crippen molar-refractivity contribution in [1.82, 2.24) is 20.0 Å². The number of carbonyl (C=O) groups excluding carboxylic acids is 1. The lowest BCUT2D eigenvalue weighted by Crippen LogP contribution is -2.34. The van der Waals surface area contributed by atoms with E-state index in [0.717, 1.165) is 24.1 Å². The van der Waals surface area contributed by atoms with Crippen LogP contribution in [0, 0.1) is 0 Å². The molecule has 1 fully saturated rings. The van der Waals surface area contributed by atoms with Gasteiger partial charge in [0.25, 0.3) is 5.71 Å². The summed E-state index contributed by atoms with van der Waals surface area (Å²) in [6, 6.07) is 14.6. The minimum Gasteiger partial charge on any atom is -0.354 e. The van der Waals surface area contributed by atoms with Gasteiger partial charge in [-0.1, -0.05) is 54.5 Å². The zero-order chi connectivity index (χ0) is 27.4. The van der Waals surface area contributed by atoms with Crippen molar-refractivity contribution >= 4 is 28.9 Å². The number of hydrogen-bond donors (Lipinski definition) is 0. The lowest BCUT2D eigenvalue weighted by molar-refractivity contribution is -0.137. The first-order valence-electron chi connectivity index (χ1n) is 12.9. The van der Waals surface area contributed by atoms with Gasteiger partial charge in [0.1, 0.15) is 22.7 Å². The van der Waals surface area contributed by atoms with Crippen LogP contribution in [0.5, 0.6) is 0 Å². The monoisotopic (exact) mass is 535 g/mol. The fourth-order valence-corrected chi connectivity index (χ4v) is 4.67. The molecular formula is C29H28F3N5O2. The lowest BCUT2D eigenvalue weighted by atomic mass is 10.1. The number of halogens is 3. The number of benzene rings is 2. The number of nitrogens with zero attached hydrogens (tertiary/aromatic N) is 5. The topological polar surface area (TPSA) is 75.4 Å². The highest BCUT2D eigenvalue weighted by Crippen LogP contribution is 2.37. The first kappa shape index (κ1) is 26.4. The molecule has 1 saturated heterocycles. The third-order valence-electron chi connectivity index (χ3n) is 6.63. The molecule has 2 aromatic carbocycles. The van der Waals surface area contributed by atoms with Crippen LogP contribution in [0.1, 0.15) is 36.7 Å². The Bertz CT molecular complexity index is 1480. The molecule has 0 N–H and O–H groups in total. The van der Waals surface area contributed by atoms with Gasteiger partial charge in [-0.05, 0) is 36.6 Å². The summed E-state index contributed by atoms with van der Waals surface area (Å²) < 4.78 is 45.8. The third-order valence-corrected chi connectivity index (χ3v) is 6.63. The Morgan fingerprint density at radius 1 is 1.03 bits per heavy atom. The molecule has 0 spiro atoms. The van der Waals surface area contributed by atoms with Crippen molar-refractivity contribution in [2.75, 3.05) is 31.1 Å². The second-order valence-electron chi connectivity index (χ2n) is 9.41. The third kappa shape index (κ3) is 5.94. The Hall–Kier alpha value is -4.21. The standard InChI is InChI=1S/C29H28F3N5O2/c1-2-8-23-33-27(25-26(35-39-28(25)34-23)21-11-6-12-22(19-21)29(30,31)32)37-16-7-15-36(17-18-37)24(38)14-13-20-9-4-3-5-10-20/h3-6,9-14,19H,2,7-8,15-18H2,1H3/b14-13+. The molecule has 1 aliphatic rings. The molecule has 10 heteroatoms. The lowest BCUT2D eigenvalue weighted by Gasteiger charge is -2.23. The first-order valence-corrected chi connectivity index (χ1v) is 12.9. The van der Waals surface area contributed by atoms with Crippen molar-refractivity contribution in [2.45, 2.75) is 32.4 Å². The fourth-order valence-electron chi connectivity index (χ4n) is 4.67. The zero-order valence-electron chi connectivity index (χ0n) is 21.5. The first-order chi connectivity index (χ1) is 18.8. The smallest absolute Gasteiger partial charge is 0.354 e. The van der Waals surface area contributed by atoms with Crippen LogP contribution in [0.15, 0.2) is 65.2 Å². The quantitative estimate of drug-likeness (QED) is 0.282. The fraction of sp³-hybridized carbons (Fsp3) is 0.310. The van der Waals surface area contributed by atoms with E-state index in [2.05, 4.69) is 10.1 Å². The summed E-state index contributed by atoms with van der Waals surface area (Å²) >= 11 is 0. The Kier molecular flexibility index (Phi) is 7.63. The van der Waals surface area contributed by atoms with E-state index < -0.39 is 11.7 Å². The van der Waals surface area contributed by atoms with Gasteiger partial charge in [-0.3, -0.25) is 4.79 Å². The van der Waals surface area contributed by atoms with Crippen LogP contribution < -0.4 is 4.90 Å². The van der Waals surface area contributed by atoms with Crippen LogP contribution >= 0.6 is 0 Å². The summed E-state index contributed by atoms with van der Waals surface area (Å²) in [5.74, 6) is 1.07. The molecule has 2 aromatic heterocycles. The van der Waals surface area contributed by atoms with Crippen molar-refractivity contribution in [3.8, 4) is 11.3 Å². The van der Waals surface area contributed by atoms with Crippen molar-refractivity contribution < 1.29 is 22.5 Å². The highest BCUT2D eigenvalue weighted by atomic mass is 19.4. The number of aryl methyl sites for hydroxylation is 1. The van der Waals surface area contributed by atoms with Gasteiger partial charge in [0.2, 0.25) is 5.91 Å². The number of carbonyl (C=O) groups is 1. The van der Waals surface area contributed by atoms with E-state index in [1.54, 1.807) is 23.1 Å². The maximum absolute atomic E-state index is 13.4. The molecule has 5 rings (SSSR count). The van der Waals surface area contributed by atoms with Crippen LogP contribution in [0.4, 0.5) is 19.0 Å². The summed E-state index contributed by atoms with van der Waals surface area (Å²) in [6.07, 6.45) is 1.02. The van der Waals surface area contributed by atoms with Crippen molar-refractivity contribution in [3.05, 3.63) is 77.6 Å². The number of anilines is 1. The summed E-state index contributed by atoms with van der Waals surface area (Å²) in [4.78, 5) is 26.1. The Balaban J connectivity index is 1.46. The van der Waals surface area contributed by atoms with Crippen LogP contribution in [0.2, 0.25) is 0 Å². The number of amides is 1. The highest BCUT2D eigenvalue weighted by molar-refractivity contribution is 5.98. The van der Waals surface area contributed by atoms with Gasteiger partial charge in [-0.2, -0.15) is 18.2 Å². The molecule has 7 nitrogen and oxygen atoms in total. The number of fused-ring (bicyclic) bond motifs is 1. The average Bonchev–Trinajstić information content (AvgIpc) is 3.20. The molecule has 0 saturated carbocycles. The average molecular weight is 536 g/mol. The van der Waals surface area contributed by atoms with E-state index in [4.69, 9.17) is 9.51 Å². The molecule has 0 aliphatic carbocycles. The Morgan fingerprint density at radius 2 is 1.85 bits per heavy atom. The van der Waals surface area contributed by atoms with Gasteiger partial charge in [0.05, 0.1) is 5.56 Å². The number of rotatable bonds is 6. The van der Waals surface area contributed by atoms with E-state index in [1.165, 1.54) is 6.07 Å². The van der Waals surface area contributed by atoms with Crippen LogP contribution in [0.3, 0.4) is 0 Å². The molecule has 1 aliphatic heterocycles. The van der Waals surface area contributed by atoms with Crippen LogP contribution in [0.25, 0.3) is 28.4 Å². The molecule has 1 amide bonds. The Labute approximate surface area is 223 Å². The van der Waals surface area contributed by atoms with Crippen LogP contribution in [-0.4, -0.2) is 52.1 Å². The van der Waals surface area contributed by atoms with E-state index >= 15 is 0 Å². The van der Waals surface area contributed by atoms with E-state index in [1.807, 2.05) is 42.2 Å². The van der Waals surface area contributed by atoms with Crippen molar-refractivity contribution in [3.63, 3.8) is 0 Å². The van der Waals surface area contributed by atoms with Gasteiger partial charge in [-0.25, -0.2) is 4.98 Å². The summed E-state index contributed by atoms with van der Waals surface area (Å²) in [5.41, 5.74) is 0.947. The van der Waals surface area contributed by atoms with E-state index in [-0.39, 0.29) is 22.9 Å². The number of alkyl halides is 3. The van der Waals surface area contributed by atoms with E-state index in [0.29, 0.717) is 56.0 Å². The van der Waals surface area contributed by atoms with Gasteiger partial charge in [0.15, 0.2) is 0 Å². The summed E-state index contributed by atoms with van der Waals surface area (Å²) in [6.45, 7) is 4.16. The number of hydrogen-bond acceptors (Lipinski definition) is 6. The molecule has 0 atom stereocenters. The van der Waals surface area contributed by atoms with Crippen LogP contribution in [-0.2, 0) is 17.4 Å². The van der Waals surface area contributed by atoms with E-state index in [9.17, 15) is 18.0 Å². The largest absolute Gasteiger partial charge is 0.416 e. The maximum Gasteiger partial charge on any atom is 0.416 e. The molecule has 39 heavy (non-hydrogen) atoms. The molecule has 202 valence electrons. The summed E-state index contributed by atoms with van der Waals surface area (Å²) in [7, 11) is 0. The molecule has 4 aromatic rings. The maximum atomic E-state index is 13.4. The highest BCUT2D eigenvalue weighted by Gasteiger charge is 2.31. The second kappa shape index (κ2) is 11.3. The molecule has 0 radical (unpaired) electrons. The summed E-state index contributed by atoms with van der Waals surface area (Å²) in [5, 5.41) is 4.59. The zero-order valence-corrected chi connectivity index (χ0v) is 21.5. The SMILES string of the molecule is CCCc1nc(N2CCCN(C(=O)/C=C/c3ccccc3)CC2)c2c(-c3cccc(C(F)(F)F)c3)noc2n1. The Morgan fingerprint density at radius 3 is 2.62 bits per heavy atom. The molecule has 0 bridgehead atoms.